The molecule has 0 aliphatic carbocycles. The maximum absolute atomic E-state index is 13.5. The van der Waals surface area contributed by atoms with Gasteiger partial charge in [0.15, 0.2) is 5.82 Å². The van der Waals surface area contributed by atoms with Crippen LogP contribution in [-0.4, -0.2) is 43.6 Å². The number of aromatic amines is 1. The topological polar surface area (TPSA) is 66.8 Å². The highest BCUT2D eigenvalue weighted by Gasteiger charge is 2.26. The summed E-state index contributed by atoms with van der Waals surface area (Å²) in [5, 5.41) is 5.47. The number of H-pyrrole nitrogens is 1. The predicted molar refractivity (Wildman–Crippen MR) is 122 cm³/mol. The Labute approximate surface area is 185 Å². The van der Waals surface area contributed by atoms with E-state index in [0.717, 1.165) is 28.6 Å². The van der Waals surface area contributed by atoms with Crippen molar-refractivity contribution in [2.24, 2.45) is 0 Å². The van der Waals surface area contributed by atoms with Crippen LogP contribution in [0, 0.1) is 5.82 Å². The summed E-state index contributed by atoms with van der Waals surface area (Å²) >= 11 is 0. The van der Waals surface area contributed by atoms with Crippen molar-refractivity contribution < 1.29 is 9.18 Å². The number of pyridine rings is 1. The third-order valence-corrected chi connectivity index (χ3v) is 5.94. The highest BCUT2D eigenvalue weighted by molar-refractivity contribution is 5.97. The van der Waals surface area contributed by atoms with Crippen LogP contribution in [-0.2, 0) is 0 Å². The summed E-state index contributed by atoms with van der Waals surface area (Å²) in [7, 11) is 0. The van der Waals surface area contributed by atoms with Gasteiger partial charge in [0.1, 0.15) is 5.82 Å². The van der Waals surface area contributed by atoms with Crippen LogP contribution in [0.2, 0.25) is 0 Å². The minimum atomic E-state index is -0.257. The first-order chi connectivity index (χ1) is 15.5. The quantitative estimate of drug-likeness (QED) is 0.500. The smallest absolute Gasteiger partial charge is 0.257 e. The largest absolute Gasteiger partial charge is 0.360 e. The summed E-state index contributed by atoms with van der Waals surface area (Å²) in [5.74, 6) is 0.535. The van der Waals surface area contributed by atoms with Gasteiger partial charge in [0.05, 0.1) is 17.5 Å². The Bertz CT molecular complexity index is 1320. The number of hydrogen-bond acceptors (Lipinski definition) is 3. The summed E-state index contributed by atoms with van der Waals surface area (Å²) in [5.41, 5.74) is 4.49. The van der Waals surface area contributed by atoms with E-state index in [1.54, 1.807) is 23.1 Å². The highest BCUT2D eigenvalue weighted by atomic mass is 19.1. The first kappa shape index (κ1) is 20.2. The van der Waals surface area contributed by atoms with Gasteiger partial charge in [0.25, 0.3) is 5.91 Å². The van der Waals surface area contributed by atoms with Gasteiger partial charge >= 0.3 is 0 Å². The average Bonchev–Trinajstić information content (AvgIpc) is 3.44. The molecule has 0 atom stereocenters. The van der Waals surface area contributed by atoms with Crippen molar-refractivity contribution in [3.63, 3.8) is 0 Å². The van der Waals surface area contributed by atoms with Gasteiger partial charge < -0.3 is 9.88 Å². The third-order valence-electron chi connectivity index (χ3n) is 5.94. The molecule has 0 spiro atoms. The minimum Gasteiger partial charge on any atom is -0.360 e. The Morgan fingerprint density at radius 2 is 2.09 bits per heavy atom. The SMILES string of the molecule is CC(C)c1c(C(=O)N2CC=C(c3c[nH]c4cc(F)ccc34)CC2)cnn1-c1ccccn1. The zero-order chi connectivity index (χ0) is 22.2. The van der Waals surface area contributed by atoms with Crippen molar-refractivity contribution in [1.82, 2.24) is 24.6 Å². The zero-order valence-electron chi connectivity index (χ0n) is 18.0. The van der Waals surface area contributed by atoms with E-state index in [4.69, 9.17) is 0 Å². The fourth-order valence-corrected chi connectivity index (χ4v) is 4.37. The van der Waals surface area contributed by atoms with E-state index < -0.39 is 0 Å². The first-order valence-corrected chi connectivity index (χ1v) is 10.8. The van der Waals surface area contributed by atoms with Gasteiger partial charge in [-0.05, 0) is 48.2 Å². The van der Waals surface area contributed by atoms with Gasteiger partial charge in [0.2, 0.25) is 0 Å². The van der Waals surface area contributed by atoms with Gasteiger partial charge in [-0.2, -0.15) is 5.10 Å². The lowest BCUT2D eigenvalue weighted by Gasteiger charge is -2.27. The zero-order valence-corrected chi connectivity index (χ0v) is 18.0. The number of amides is 1. The molecule has 0 fully saturated rings. The summed E-state index contributed by atoms with van der Waals surface area (Å²) in [6, 6.07) is 10.4. The molecule has 1 aliphatic heterocycles. The van der Waals surface area contributed by atoms with Crippen molar-refractivity contribution >= 4 is 22.4 Å². The molecule has 0 radical (unpaired) electrons. The van der Waals surface area contributed by atoms with Crippen molar-refractivity contribution in [2.45, 2.75) is 26.2 Å². The molecule has 32 heavy (non-hydrogen) atoms. The van der Waals surface area contributed by atoms with E-state index in [0.29, 0.717) is 24.5 Å². The van der Waals surface area contributed by atoms with E-state index in [-0.39, 0.29) is 17.6 Å². The molecule has 0 saturated carbocycles. The molecule has 6 nitrogen and oxygen atoms in total. The molecule has 5 rings (SSSR count). The molecular formula is C25H24FN5O. The number of nitrogens with zero attached hydrogens (tertiary/aromatic N) is 4. The standard InChI is InChI=1S/C25H24FN5O/c1-16(2)24-21(15-29-31(24)23-5-3-4-10-27-23)25(32)30-11-8-17(9-12-30)20-14-28-22-13-18(26)6-7-19(20)22/h3-8,10,13-16,28H,9,11-12H2,1-2H3. The van der Waals surface area contributed by atoms with Crippen LogP contribution in [0.5, 0.6) is 0 Å². The molecule has 0 unspecified atom stereocenters. The summed E-state index contributed by atoms with van der Waals surface area (Å²) in [6.45, 7) is 5.25. The average molecular weight is 429 g/mol. The lowest BCUT2D eigenvalue weighted by atomic mass is 9.98. The molecule has 3 aromatic heterocycles. The monoisotopic (exact) mass is 429 g/mol. The normalized spacial score (nSPS) is 14.2. The van der Waals surface area contributed by atoms with Crippen molar-refractivity contribution in [3.05, 3.63) is 83.7 Å². The molecule has 4 heterocycles. The van der Waals surface area contributed by atoms with Gasteiger partial charge in [-0.3, -0.25) is 4.79 Å². The lowest BCUT2D eigenvalue weighted by Crippen LogP contribution is -2.35. The van der Waals surface area contributed by atoms with E-state index in [2.05, 4.69) is 35.0 Å². The summed E-state index contributed by atoms with van der Waals surface area (Å²) in [6.07, 6.45) is 8.12. The van der Waals surface area contributed by atoms with Crippen molar-refractivity contribution in [1.29, 1.82) is 0 Å². The molecule has 1 aromatic carbocycles. The lowest BCUT2D eigenvalue weighted by molar-refractivity contribution is 0.0771. The maximum Gasteiger partial charge on any atom is 0.257 e. The number of halogens is 1. The number of benzene rings is 1. The van der Waals surface area contributed by atoms with Gasteiger partial charge in [-0.1, -0.05) is 26.0 Å². The Morgan fingerprint density at radius 3 is 2.81 bits per heavy atom. The molecule has 0 bridgehead atoms. The number of hydrogen-bond donors (Lipinski definition) is 1. The van der Waals surface area contributed by atoms with Crippen LogP contribution in [0.4, 0.5) is 4.39 Å². The number of rotatable bonds is 4. The van der Waals surface area contributed by atoms with Crippen LogP contribution >= 0.6 is 0 Å². The van der Waals surface area contributed by atoms with Crippen LogP contribution in [0.15, 0.2) is 61.1 Å². The second-order valence-corrected chi connectivity index (χ2v) is 8.32. The molecule has 7 heteroatoms. The fraction of sp³-hybridized carbons (Fsp3) is 0.240. The third kappa shape index (κ3) is 3.49. The Hall–Kier alpha value is -3.74. The number of aromatic nitrogens is 4. The van der Waals surface area contributed by atoms with Crippen molar-refractivity contribution in [2.75, 3.05) is 13.1 Å². The minimum absolute atomic E-state index is 0.0211. The molecule has 1 amide bonds. The van der Waals surface area contributed by atoms with Crippen molar-refractivity contribution in [3.8, 4) is 5.82 Å². The van der Waals surface area contributed by atoms with Crippen LogP contribution < -0.4 is 0 Å². The van der Waals surface area contributed by atoms with Gasteiger partial charge in [0, 0.05) is 41.9 Å². The Balaban J connectivity index is 1.41. The van der Waals surface area contributed by atoms with Crippen LogP contribution in [0.3, 0.4) is 0 Å². The van der Waals surface area contributed by atoms with E-state index in [1.165, 1.54) is 17.7 Å². The summed E-state index contributed by atoms with van der Waals surface area (Å²) < 4.78 is 15.3. The second kappa shape index (κ2) is 8.07. The number of nitrogens with one attached hydrogen (secondary N) is 1. The molecule has 4 aromatic rings. The number of carbonyl (C=O) groups is 1. The number of fused-ring (bicyclic) bond motifs is 1. The van der Waals surface area contributed by atoms with Gasteiger partial charge in [-0.15, -0.1) is 0 Å². The Kier molecular flexibility index (Phi) is 5.09. The fourth-order valence-electron chi connectivity index (χ4n) is 4.37. The van der Waals surface area contributed by atoms with E-state index in [9.17, 15) is 9.18 Å². The summed E-state index contributed by atoms with van der Waals surface area (Å²) in [4.78, 5) is 22.8. The molecule has 162 valence electrons. The van der Waals surface area contributed by atoms with Crippen LogP contribution in [0.25, 0.3) is 22.3 Å². The van der Waals surface area contributed by atoms with E-state index in [1.807, 2.05) is 29.3 Å². The van der Waals surface area contributed by atoms with E-state index >= 15 is 0 Å². The predicted octanol–water partition coefficient (Wildman–Crippen LogP) is 4.94. The van der Waals surface area contributed by atoms with Crippen LogP contribution in [0.1, 0.15) is 47.8 Å². The van der Waals surface area contributed by atoms with Gasteiger partial charge in [-0.25, -0.2) is 14.1 Å². The molecular weight excluding hydrogens is 405 g/mol. The first-order valence-electron chi connectivity index (χ1n) is 10.8. The highest BCUT2D eigenvalue weighted by Crippen LogP contribution is 2.31. The second-order valence-electron chi connectivity index (χ2n) is 8.32. The Morgan fingerprint density at radius 1 is 1.22 bits per heavy atom. The molecule has 1 aliphatic rings. The molecule has 1 N–H and O–H groups in total. The molecule has 0 saturated heterocycles. The number of carbonyl (C=O) groups excluding carboxylic acids is 1. The maximum atomic E-state index is 13.5.